The minimum absolute atomic E-state index is 0.0354. The molecule has 0 spiro atoms. The van der Waals surface area contributed by atoms with Gasteiger partial charge in [0.25, 0.3) is 11.8 Å². The molecular weight excluding hydrogens is 481 g/mol. The first-order valence-electron chi connectivity index (χ1n) is 11.1. The molecule has 3 rings (SSSR count). The number of rotatable bonds is 5. The monoisotopic (exact) mass is 508 g/mol. The van der Waals surface area contributed by atoms with Crippen molar-refractivity contribution in [2.75, 3.05) is 18.4 Å². The lowest BCUT2D eigenvalue weighted by Crippen LogP contribution is -2.32. The van der Waals surface area contributed by atoms with Crippen LogP contribution in [0.15, 0.2) is 36.4 Å². The zero-order valence-corrected chi connectivity index (χ0v) is 20.0. The quantitative estimate of drug-likeness (QED) is 0.568. The summed E-state index contributed by atoms with van der Waals surface area (Å²) < 4.78 is 45.3. The molecule has 0 saturated carbocycles. The molecule has 2 heterocycles. The smallest absolute Gasteiger partial charge is 0.433 e. The second kappa shape index (κ2) is 10.5. The minimum atomic E-state index is -4.80. The molecule has 1 aromatic carbocycles. The largest absolute Gasteiger partial charge is 0.444 e. The minimum Gasteiger partial charge on any atom is -0.444 e. The van der Waals surface area contributed by atoms with Gasteiger partial charge in [-0.3, -0.25) is 9.59 Å². The number of β-amino-alcohol motifs (C(OH)–C–C–N with tert-alkyl or cyclic N) is 1. The van der Waals surface area contributed by atoms with E-state index in [0.29, 0.717) is 13.0 Å². The molecule has 2 aromatic rings. The van der Waals surface area contributed by atoms with Crippen LogP contribution in [0.1, 0.15) is 59.2 Å². The zero-order chi connectivity index (χ0) is 26.7. The lowest BCUT2D eigenvalue weighted by atomic mass is 10.1. The van der Waals surface area contributed by atoms with Crippen LogP contribution >= 0.6 is 0 Å². The number of benzene rings is 1. The van der Waals surface area contributed by atoms with E-state index in [1.807, 2.05) is 0 Å². The van der Waals surface area contributed by atoms with Crippen molar-refractivity contribution in [2.45, 2.75) is 51.6 Å². The van der Waals surface area contributed by atoms with Crippen LogP contribution < -0.4 is 10.6 Å². The second-order valence-electron chi connectivity index (χ2n) is 9.33. The van der Waals surface area contributed by atoms with Crippen molar-refractivity contribution >= 4 is 23.7 Å². The molecule has 3 N–H and O–H groups in total. The molecule has 9 nitrogen and oxygen atoms in total. The molecule has 36 heavy (non-hydrogen) atoms. The van der Waals surface area contributed by atoms with Crippen LogP contribution in [0.25, 0.3) is 0 Å². The van der Waals surface area contributed by atoms with E-state index in [-0.39, 0.29) is 41.5 Å². The number of hydrogen-bond acceptors (Lipinski definition) is 6. The summed E-state index contributed by atoms with van der Waals surface area (Å²) in [5, 5.41) is 14.3. The third-order valence-electron chi connectivity index (χ3n) is 5.08. The summed E-state index contributed by atoms with van der Waals surface area (Å²) in [5.74, 6) is -1.52. The maximum absolute atomic E-state index is 13.4. The van der Waals surface area contributed by atoms with Crippen LogP contribution in [0.5, 0.6) is 0 Å². The van der Waals surface area contributed by atoms with Gasteiger partial charge in [-0.1, -0.05) is 6.07 Å². The van der Waals surface area contributed by atoms with Crippen molar-refractivity contribution in [2.24, 2.45) is 0 Å². The molecular formula is C24H27F3N4O5. The Morgan fingerprint density at radius 1 is 1.14 bits per heavy atom. The highest BCUT2D eigenvalue weighted by Crippen LogP contribution is 2.29. The average Bonchev–Trinajstić information content (AvgIpc) is 3.21. The summed E-state index contributed by atoms with van der Waals surface area (Å²) in [5.41, 5.74) is -1.76. The van der Waals surface area contributed by atoms with Crippen LogP contribution in [-0.2, 0) is 17.5 Å². The van der Waals surface area contributed by atoms with Gasteiger partial charge in [-0.05, 0) is 63.1 Å². The van der Waals surface area contributed by atoms with Crippen LogP contribution in [0.4, 0.5) is 23.8 Å². The zero-order valence-electron chi connectivity index (χ0n) is 20.0. The topological polar surface area (TPSA) is 121 Å². The van der Waals surface area contributed by atoms with Crippen molar-refractivity contribution in [3.8, 4) is 0 Å². The molecule has 0 bridgehead atoms. The van der Waals surface area contributed by atoms with Crippen LogP contribution in [0.2, 0.25) is 0 Å². The molecule has 0 unspecified atom stereocenters. The van der Waals surface area contributed by atoms with E-state index in [0.717, 1.165) is 6.07 Å². The summed E-state index contributed by atoms with van der Waals surface area (Å²) in [6.07, 6.45) is -5.76. The molecule has 1 aliphatic rings. The van der Waals surface area contributed by atoms with Gasteiger partial charge in [0, 0.05) is 30.8 Å². The number of carbonyl (C=O) groups excluding carboxylic acids is 3. The highest BCUT2D eigenvalue weighted by Gasteiger charge is 2.33. The normalized spacial score (nSPS) is 16.0. The number of carbonyl (C=O) groups is 3. The van der Waals surface area contributed by atoms with Gasteiger partial charge in [0.1, 0.15) is 17.1 Å². The number of alkyl halides is 3. The summed E-state index contributed by atoms with van der Waals surface area (Å²) in [6, 6.07) is 7.67. The molecule has 1 atom stereocenters. The number of amides is 3. The number of pyridine rings is 1. The third kappa shape index (κ3) is 7.41. The second-order valence-corrected chi connectivity index (χ2v) is 9.33. The molecule has 1 fully saturated rings. The Hall–Kier alpha value is -3.67. The van der Waals surface area contributed by atoms with Crippen LogP contribution in [-0.4, -0.2) is 57.7 Å². The fourth-order valence-electron chi connectivity index (χ4n) is 3.48. The third-order valence-corrected chi connectivity index (χ3v) is 5.08. The van der Waals surface area contributed by atoms with Gasteiger partial charge in [-0.2, -0.15) is 13.2 Å². The Labute approximate surface area is 205 Å². The summed E-state index contributed by atoms with van der Waals surface area (Å²) in [4.78, 5) is 42.2. The van der Waals surface area contributed by atoms with Gasteiger partial charge in [-0.25, -0.2) is 9.78 Å². The van der Waals surface area contributed by atoms with E-state index in [1.165, 1.54) is 35.2 Å². The number of likely N-dealkylation sites (tertiary alicyclic amines) is 1. The maximum Gasteiger partial charge on any atom is 0.433 e. The Kier molecular flexibility index (Phi) is 7.87. The Bertz CT molecular complexity index is 1150. The fourth-order valence-corrected chi connectivity index (χ4v) is 3.48. The van der Waals surface area contributed by atoms with Gasteiger partial charge in [0.05, 0.1) is 6.10 Å². The standard InChI is InChI=1S/C24H27F3N4O5/c1-23(2,3)36-22(35)28-12-14-9-18(24(25,26)27)29-19(10-14)30-20(33)15-5-4-6-16(11-15)21(34)31-8-7-17(32)13-31/h4-6,9-11,17,32H,7-8,12-13H2,1-3H3,(H,28,35)(H,29,30,33)/t17-/m0/s1. The Morgan fingerprint density at radius 3 is 2.44 bits per heavy atom. The van der Waals surface area contributed by atoms with Gasteiger partial charge in [0.15, 0.2) is 0 Å². The average molecular weight is 508 g/mol. The number of nitrogens with zero attached hydrogens (tertiary/aromatic N) is 2. The lowest BCUT2D eigenvalue weighted by molar-refractivity contribution is -0.141. The van der Waals surface area contributed by atoms with Crippen molar-refractivity contribution in [3.05, 3.63) is 58.8 Å². The predicted octanol–water partition coefficient (Wildman–Crippen LogP) is 3.58. The van der Waals surface area contributed by atoms with Gasteiger partial charge >= 0.3 is 12.3 Å². The highest BCUT2D eigenvalue weighted by molar-refractivity contribution is 6.05. The molecule has 3 amide bonds. The Morgan fingerprint density at radius 2 is 1.83 bits per heavy atom. The summed E-state index contributed by atoms with van der Waals surface area (Å²) >= 11 is 0. The van der Waals surface area contributed by atoms with E-state index in [1.54, 1.807) is 20.8 Å². The van der Waals surface area contributed by atoms with Crippen LogP contribution in [0.3, 0.4) is 0 Å². The number of alkyl carbamates (subject to hydrolysis) is 1. The fraction of sp³-hybridized carbons (Fsp3) is 0.417. The first-order chi connectivity index (χ1) is 16.7. The SMILES string of the molecule is CC(C)(C)OC(=O)NCc1cc(NC(=O)c2cccc(C(=O)N3CC[C@H](O)C3)c2)nc(C(F)(F)F)c1. The molecule has 1 saturated heterocycles. The van der Waals surface area contributed by atoms with Gasteiger partial charge in [-0.15, -0.1) is 0 Å². The first-order valence-corrected chi connectivity index (χ1v) is 11.1. The highest BCUT2D eigenvalue weighted by atomic mass is 19.4. The number of aliphatic hydroxyl groups is 1. The lowest BCUT2D eigenvalue weighted by Gasteiger charge is -2.20. The number of ether oxygens (including phenoxy) is 1. The van der Waals surface area contributed by atoms with Gasteiger partial charge < -0.3 is 25.4 Å². The van der Waals surface area contributed by atoms with Crippen molar-refractivity contribution in [1.29, 1.82) is 0 Å². The van der Waals surface area contributed by atoms with E-state index in [2.05, 4.69) is 15.6 Å². The molecule has 0 aliphatic carbocycles. The summed E-state index contributed by atoms with van der Waals surface area (Å²) in [6.45, 7) is 5.20. The van der Waals surface area contributed by atoms with Gasteiger partial charge in [0.2, 0.25) is 0 Å². The Balaban J connectivity index is 1.77. The number of halogens is 3. The van der Waals surface area contributed by atoms with E-state index in [4.69, 9.17) is 4.74 Å². The van der Waals surface area contributed by atoms with E-state index >= 15 is 0 Å². The molecule has 1 aliphatic heterocycles. The molecule has 0 radical (unpaired) electrons. The van der Waals surface area contributed by atoms with Crippen molar-refractivity contribution in [3.63, 3.8) is 0 Å². The number of aliphatic hydroxyl groups excluding tert-OH is 1. The number of aromatic nitrogens is 1. The molecule has 194 valence electrons. The summed E-state index contributed by atoms with van der Waals surface area (Å²) in [7, 11) is 0. The predicted molar refractivity (Wildman–Crippen MR) is 123 cm³/mol. The number of anilines is 1. The van der Waals surface area contributed by atoms with Crippen LogP contribution in [0, 0.1) is 0 Å². The van der Waals surface area contributed by atoms with Crippen molar-refractivity contribution < 1.29 is 37.4 Å². The number of nitrogens with one attached hydrogen (secondary N) is 2. The molecule has 12 heteroatoms. The first kappa shape index (κ1) is 26.9. The molecule has 1 aromatic heterocycles. The number of hydrogen-bond donors (Lipinski definition) is 3. The maximum atomic E-state index is 13.4. The van der Waals surface area contributed by atoms with E-state index in [9.17, 15) is 32.7 Å². The van der Waals surface area contributed by atoms with Crippen molar-refractivity contribution in [1.82, 2.24) is 15.2 Å². The van der Waals surface area contributed by atoms with E-state index < -0.39 is 35.6 Å².